The predicted molar refractivity (Wildman–Crippen MR) is 82.0 cm³/mol. The summed E-state index contributed by atoms with van der Waals surface area (Å²) in [5.41, 5.74) is 1.40. The zero-order valence-electron chi connectivity index (χ0n) is 13.1. The zero-order chi connectivity index (χ0) is 17.1. The molecule has 0 fully saturated rings. The van der Waals surface area contributed by atoms with Crippen molar-refractivity contribution in [2.75, 3.05) is 0 Å². The summed E-state index contributed by atoms with van der Waals surface area (Å²) < 4.78 is 14.5. The highest BCUT2D eigenvalue weighted by Gasteiger charge is 2.25. The maximum atomic E-state index is 13.0. The smallest absolute Gasteiger partial charge is 0.326 e. The van der Waals surface area contributed by atoms with Gasteiger partial charge in [-0.15, -0.1) is 0 Å². The quantitative estimate of drug-likeness (QED) is 0.884. The lowest BCUT2D eigenvalue weighted by atomic mass is 10.0. The SMILES string of the molecule is Cc1cc(C(=O)N[C@@H](C(=O)O)C(C)C)nn1-c1ccc(F)cc1. The van der Waals surface area contributed by atoms with E-state index in [4.69, 9.17) is 5.11 Å². The van der Waals surface area contributed by atoms with E-state index in [9.17, 15) is 14.0 Å². The van der Waals surface area contributed by atoms with E-state index in [1.165, 1.54) is 16.8 Å². The van der Waals surface area contributed by atoms with Crippen molar-refractivity contribution in [3.05, 3.63) is 47.5 Å². The number of hydrogen-bond acceptors (Lipinski definition) is 3. The Morgan fingerprint density at radius 1 is 1.26 bits per heavy atom. The second kappa shape index (κ2) is 6.60. The molecule has 0 unspecified atom stereocenters. The molecule has 1 atom stereocenters. The van der Waals surface area contributed by atoms with E-state index >= 15 is 0 Å². The largest absolute Gasteiger partial charge is 0.480 e. The normalized spacial score (nSPS) is 12.2. The minimum absolute atomic E-state index is 0.110. The molecule has 0 radical (unpaired) electrons. The first-order chi connectivity index (χ1) is 10.8. The van der Waals surface area contributed by atoms with Crippen LogP contribution in [-0.4, -0.2) is 32.8 Å². The minimum atomic E-state index is -1.09. The van der Waals surface area contributed by atoms with E-state index < -0.39 is 17.9 Å². The number of carboxylic acid groups (broad SMARTS) is 1. The Kier molecular flexibility index (Phi) is 4.78. The third-order valence-corrected chi connectivity index (χ3v) is 3.41. The molecule has 0 saturated heterocycles. The van der Waals surface area contributed by atoms with Crippen molar-refractivity contribution in [1.29, 1.82) is 0 Å². The molecule has 0 bridgehead atoms. The molecule has 2 rings (SSSR count). The number of aryl methyl sites for hydroxylation is 1. The molecular formula is C16H18FN3O3. The summed E-state index contributed by atoms with van der Waals surface area (Å²) in [6.07, 6.45) is 0. The van der Waals surface area contributed by atoms with Crippen molar-refractivity contribution in [2.24, 2.45) is 5.92 Å². The monoisotopic (exact) mass is 319 g/mol. The number of hydrogen-bond donors (Lipinski definition) is 2. The molecule has 23 heavy (non-hydrogen) atoms. The number of halogens is 1. The lowest BCUT2D eigenvalue weighted by molar-refractivity contribution is -0.140. The minimum Gasteiger partial charge on any atom is -0.480 e. The molecule has 2 N–H and O–H groups in total. The van der Waals surface area contributed by atoms with E-state index in [2.05, 4.69) is 10.4 Å². The van der Waals surface area contributed by atoms with Crippen LogP contribution in [-0.2, 0) is 4.79 Å². The lowest BCUT2D eigenvalue weighted by Crippen LogP contribution is -2.44. The molecule has 0 saturated carbocycles. The number of carboxylic acids is 1. The number of benzene rings is 1. The van der Waals surface area contributed by atoms with Gasteiger partial charge in [0.2, 0.25) is 0 Å². The second-order valence-corrected chi connectivity index (χ2v) is 5.59. The van der Waals surface area contributed by atoms with Crippen LogP contribution in [0.3, 0.4) is 0 Å². The van der Waals surface area contributed by atoms with Gasteiger partial charge in [0, 0.05) is 5.69 Å². The molecule has 0 aliphatic carbocycles. The number of aromatic nitrogens is 2. The van der Waals surface area contributed by atoms with E-state index in [-0.39, 0.29) is 17.4 Å². The first-order valence-electron chi connectivity index (χ1n) is 7.16. The van der Waals surface area contributed by atoms with Gasteiger partial charge in [-0.3, -0.25) is 4.79 Å². The fraction of sp³-hybridized carbons (Fsp3) is 0.312. The third-order valence-electron chi connectivity index (χ3n) is 3.41. The number of carbonyl (C=O) groups excluding carboxylic acids is 1. The van der Waals surface area contributed by atoms with Gasteiger partial charge in [0.1, 0.15) is 11.9 Å². The fourth-order valence-electron chi connectivity index (χ4n) is 2.16. The average molecular weight is 319 g/mol. The van der Waals surface area contributed by atoms with Crippen molar-refractivity contribution in [1.82, 2.24) is 15.1 Å². The molecule has 7 heteroatoms. The van der Waals surface area contributed by atoms with Gasteiger partial charge in [-0.25, -0.2) is 13.9 Å². The lowest BCUT2D eigenvalue weighted by Gasteiger charge is -2.16. The van der Waals surface area contributed by atoms with Gasteiger partial charge in [-0.05, 0) is 43.2 Å². The average Bonchev–Trinajstić information content (AvgIpc) is 2.86. The van der Waals surface area contributed by atoms with Crippen LogP contribution in [0.4, 0.5) is 4.39 Å². The number of nitrogens with zero attached hydrogens (tertiary/aromatic N) is 2. The molecule has 1 heterocycles. The number of rotatable bonds is 5. The first kappa shape index (κ1) is 16.7. The topological polar surface area (TPSA) is 84.2 Å². The van der Waals surface area contributed by atoms with Crippen molar-refractivity contribution in [3.8, 4) is 5.69 Å². The first-order valence-corrected chi connectivity index (χ1v) is 7.16. The highest BCUT2D eigenvalue weighted by atomic mass is 19.1. The number of nitrogens with one attached hydrogen (secondary N) is 1. The number of amides is 1. The Morgan fingerprint density at radius 3 is 2.39 bits per heavy atom. The standard InChI is InChI=1S/C16H18FN3O3/c1-9(2)14(16(22)23)18-15(21)13-8-10(3)20(19-13)12-6-4-11(17)5-7-12/h4-9,14H,1-3H3,(H,18,21)(H,22,23)/t14-/m1/s1. The fourth-order valence-corrected chi connectivity index (χ4v) is 2.16. The summed E-state index contributed by atoms with van der Waals surface area (Å²) in [6.45, 7) is 5.17. The van der Waals surface area contributed by atoms with Crippen molar-refractivity contribution in [2.45, 2.75) is 26.8 Å². The van der Waals surface area contributed by atoms with Crippen LogP contribution < -0.4 is 5.32 Å². The van der Waals surface area contributed by atoms with E-state index in [1.807, 2.05) is 0 Å². The zero-order valence-corrected chi connectivity index (χ0v) is 13.1. The van der Waals surface area contributed by atoms with Crippen molar-refractivity contribution >= 4 is 11.9 Å². The highest BCUT2D eigenvalue weighted by molar-refractivity contribution is 5.95. The Morgan fingerprint density at radius 2 is 1.87 bits per heavy atom. The van der Waals surface area contributed by atoms with Gasteiger partial charge < -0.3 is 10.4 Å². The molecule has 122 valence electrons. The van der Waals surface area contributed by atoms with Crippen LogP contribution in [0, 0.1) is 18.7 Å². The van der Waals surface area contributed by atoms with Crippen LogP contribution in [0.5, 0.6) is 0 Å². The van der Waals surface area contributed by atoms with Crippen LogP contribution >= 0.6 is 0 Å². The van der Waals surface area contributed by atoms with Crippen LogP contribution in [0.2, 0.25) is 0 Å². The molecule has 0 aliphatic rings. The van der Waals surface area contributed by atoms with Gasteiger partial charge in [0.05, 0.1) is 5.69 Å². The third kappa shape index (κ3) is 3.74. The predicted octanol–water partition coefficient (Wildman–Crippen LogP) is 2.16. The summed E-state index contributed by atoms with van der Waals surface area (Å²) in [5.74, 6) is -2.27. The van der Waals surface area contributed by atoms with Gasteiger partial charge in [-0.2, -0.15) is 5.10 Å². The molecular weight excluding hydrogens is 301 g/mol. The van der Waals surface area contributed by atoms with Gasteiger partial charge in [0.25, 0.3) is 5.91 Å². The Bertz CT molecular complexity index is 723. The molecule has 0 spiro atoms. The molecule has 1 aromatic carbocycles. The van der Waals surface area contributed by atoms with E-state index in [0.717, 1.165) is 0 Å². The summed E-state index contributed by atoms with van der Waals surface area (Å²) in [6, 6.07) is 6.26. The molecule has 6 nitrogen and oxygen atoms in total. The Labute approximate surface area is 132 Å². The highest BCUT2D eigenvalue weighted by Crippen LogP contribution is 2.13. The Hall–Kier alpha value is -2.70. The van der Waals surface area contributed by atoms with E-state index in [0.29, 0.717) is 11.4 Å². The van der Waals surface area contributed by atoms with E-state index in [1.54, 1.807) is 39.0 Å². The maximum Gasteiger partial charge on any atom is 0.326 e. The summed E-state index contributed by atoms with van der Waals surface area (Å²) in [5, 5.41) is 15.8. The summed E-state index contributed by atoms with van der Waals surface area (Å²) >= 11 is 0. The molecule has 1 aromatic heterocycles. The van der Waals surface area contributed by atoms with Crippen molar-refractivity contribution in [3.63, 3.8) is 0 Å². The summed E-state index contributed by atoms with van der Waals surface area (Å²) in [4.78, 5) is 23.4. The van der Waals surface area contributed by atoms with Gasteiger partial charge >= 0.3 is 5.97 Å². The number of aliphatic carboxylic acids is 1. The van der Waals surface area contributed by atoms with Gasteiger partial charge in [-0.1, -0.05) is 13.8 Å². The summed E-state index contributed by atoms with van der Waals surface area (Å²) in [7, 11) is 0. The molecule has 0 aliphatic heterocycles. The van der Waals surface area contributed by atoms with Crippen LogP contribution in [0.1, 0.15) is 30.0 Å². The van der Waals surface area contributed by atoms with Gasteiger partial charge in [0.15, 0.2) is 5.69 Å². The maximum absolute atomic E-state index is 13.0. The van der Waals surface area contributed by atoms with Crippen molar-refractivity contribution < 1.29 is 19.1 Å². The Balaban J connectivity index is 2.24. The second-order valence-electron chi connectivity index (χ2n) is 5.59. The van der Waals surface area contributed by atoms with Crippen LogP contribution in [0.25, 0.3) is 5.69 Å². The molecule has 2 aromatic rings. The number of carbonyl (C=O) groups is 2. The molecule has 1 amide bonds. The van der Waals surface area contributed by atoms with Crippen LogP contribution in [0.15, 0.2) is 30.3 Å².